The Kier molecular flexibility index (Phi) is 6.81. The number of hydrogen-bond acceptors (Lipinski definition) is 2. The molecular formula is C20H29NO2S. The second-order valence-electron chi connectivity index (χ2n) is 6.52. The molecule has 4 heteroatoms. The van der Waals surface area contributed by atoms with E-state index < -0.39 is 10.0 Å². The van der Waals surface area contributed by atoms with Gasteiger partial charge in [-0.3, -0.25) is 0 Å². The predicted octanol–water partition coefficient (Wildman–Crippen LogP) is 4.84. The third kappa shape index (κ3) is 4.37. The van der Waals surface area contributed by atoms with Gasteiger partial charge in [0.1, 0.15) is 0 Å². The smallest absolute Gasteiger partial charge is 0.207 e. The van der Waals surface area contributed by atoms with Gasteiger partial charge in [0.2, 0.25) is 10.0 Å². The van der Waals surface area contributed by atoms with E-state index >= 15 is 0 Å². The fourth-order valence-corrected chi connectivity index (χ4v) is 4.84. The van der Waals surface area contributed by atoms with Crippen LogP contribution >= 0.6 is 0 Å². The van der Waals surface area contributed by atoms with Crippen molar-refractivity contribution in [3.63, 3.8) is 0 Å². The maximum atomic E-state index is 13.1. The molecule has 0 saturated carbocycles. The van der Waals surface area contributed by atoms with Crippen molar-refractivity contribution in [2.24, 2.45) is 0 Å². The number of benzene rings is 1. The quantitative estimate of drug-likeness (QED) is 0.473. The second-order valence-corrected chi connectivity index (χ2v) is 8.42. The van der Waals surface area contributed by atoms with Crippen molar-refractivity contribution < 1.29 is 8.42 Å². The monoisotopic (exact) mass is 347 g/mol. The van der Waals surface area contributed by atoms with Crippen LogP contribution in [-0.4, -0.2) is 25.3 Å². The fraction of sp³-hybridized carbons (Fsp3) is 0.500. The first-order chi connectivity index (χ1) is 11.5. The molecular weight excluding hydrogens is 318 g/mol. The summed E-state index contributed by atoms with van der Waals surface area (Å²) in [6, 6.07) is 7.12. The van der Waals surface area contributed by atoms with E-state index in [0.29, 0.717) is 11.4 Å². The Hall–Kier alpha value is -1.39. The van der Waals surface area contributed by atoms with Gasteiger partial charge < -0.3 is 0 Å². The van der Waals surface area contributed by atoms with Gasteiger partial charge in [-0.25, -0.2) is 8.42 Å². The normalized spacial score (nSPS) is 18.6. The molecule has 1 aliphatic rings. The van der Waals surface area contributed by atoms with Crippen LogP contribution in [0.15, 0.2) is 53.5 Å². The molecule has 2 rings (SSSR count). The molecule has 0 radical (unpaired) electrons. The molecule has 1 unspecified atom stereocenters. The van der Waals surface area contributed by atoms with Crippen molar-refractivity contribution >= 4 is 10.0 Å². The summed E-state index contributed by atoms with van der Waals surface area (Å²) in [4.78, 5) is 0.389. The topological polar surface area (TPSA) is 37.4 Å². The third-order valence-corrected chi connectivity index (χ3v) is 6.54. The minimum Gasteiger partial charge on any atom is -0.207 e. The predicted molar refractivity (Wildman–Crippen MR) is 101 cm³/mol. The standard InChI is InChI=1S/C20H29NO2S/c1-4-6-7-8-10-20-18(9-5-2)15-16-21(20)24(22,23)19-13-11-17(3)12-14-19/h5,11-15,20H,2,4,6-10,16H2,1,3H3. The number of hydrogen-bond donors (Lipinski definition) is 0. The Morgan fingerprint density at radius 1 is 1.21 bits per heavy atom. The summed E-state index contributed by atoms with van der Waals surface area (Å²) in [6.45, 7) is 8.44. The Bertz CT molecular complexity index is 674. The van der Waals surface area contributed by atoms with Crippen LogP contribution in [0.2, 0.25) is 0 Å². The minimum atomic E-state index is -3.45. The Labute approximate surface area is 147 Å². The van der Waals surface area contributed by atoms with Crippen molar-refractivity contribution in [3.05, 3.63) is 54.1 Å². The van der Waals surface area contributed by atoms with Crippen LogP contribution < -0.4 is 0 Å². The van der Waals surface area contributed by atoms with Crippen LogP contribution in [0.1, 0.15) is 51.0 Å². The first-order valence-corrected chi connectivity index (χ1v) is 10.3. The Morgan fingerprint density at radius 2 is 1.92 bits per heavy atom. The molecule has 0 N–H and O–H groups in total. The highest BCUT2D eigenvalue weighted by atomic mass is 32.2. The number of nitrogens with zero attached hydrogens (tertiary/aromatic N) is 1. The summed E-state index contributed by atoms with van der Waals surface area (Å²) in [6.07, 6.45) is 10.2. The van der Waals surface area contributed by atoms with Gasteiger partial charge in [-0.1, -0.05) is 68.0 Å². The molecule has 0 spiro atoms. The van der Waals surface area contributed by atoms with Crippen LogP contribution in [0.25, 0.3) is 0 Å². The molecule has 1 aromatic rings. The lowest BCUT2D eigenvalue weighted by atomic mass is 10.00. The van der Waals surface area contributed by atoms with E-state index in [1.165, 1.54) is 18.4 Å². The SMILES string of the molecule is C=CCC1=CCN(S(=O)(=O)c2ccc(C)cc2)C1CCCCCC. The molecule has 0 amide bonds. The fourth-order valence-electron chi connectivity index (χ4n) is 3.25. The lowest BCUT2D eigenvalue weighted by Crippen LogP contribution is -2.37. The van der Waals surface area contributed by atoms with Gasteiger partial charge in [0, 0.05) is 12.6 Å². The zero-order valence-electron chi connectivity index (χ0n) is 14.9. The first-order valence-electron chi connectivity index (χ1n) is 8.89. The second kappa shape index (κ2) is 8.63. The molecule has 132 valence electrons. The summed E-state index contributed by atoms with van der Waals surface area (Å²) >= 11 is 0. The molecule has 0 bridgehead atoms. The molecule has 24 heavy (non-hydrogen) atoms. The lowest BCUT2D eigenvalue weighted by molar-refractivity contribution is 0.372. The molecule has 1 atom stereocenters. The van der Waals surface area contributed by atoms with Gasteiger partial charge in [-0.05, 0) is 31.9 Å². The van der Waals surface area contributed by atoms with Gasteiger partial charge in [0.15, 0.2) is 0 Å². The number of sulfonamides is 1. The molecule has 0 aliphatic carbocycles. The van der Waals surface area contributed by atoms with Crippen molar-refractivity contribution in [1.29, 1.82) is 0 Å². The number of allylic oxidation sites excluding steroid dienone is 1. The maximum Gasteiger partial charge on any atom is 0.243 e. The molecule has 1 heterocycles. The summed E-state index contributed by atoms with van der Waals surface area (Å²) in [7, 11) is -3.45. The number of aryl methyl sites for hydroxylation is 1. The van der Waals surface area contributed by atoms with Gasteiger partial charge in [0.25, 0.3) is 0 Å². The van der Waals surface area contributed by atoms with Crippen molar-refractivity contribution in [2.45, 2.75) is 63.3 Å². The van der Waals surface area contributed by atoms with Gasteiger partial charge >= 0.3 is 0 Å². The van der Waals surface area contributed by atoms with E-state index in [4.69, 9.17) is 0 Å². The van der Waals surface area contributed by atoms with Crippen LogP contribution in [0.5, 0.6) is 0 Å². The van der Waals surface area contributed by atoms with E-state index in [2.05, 4.69) is 19.6 Å². The molecule has 0 saturated heterocycles. The highest BCUT2D eigenvalue weighted by molar-refractivity contribution is 7.89. The summed E-state index contributed by atoms with van der Waals surface area (Å²) in [5, 5.41) is 0. The minimum absolute atomic E-state index is 0.0221. The number of rotatable bonds is 9. The van der Waals surface area contributed by atoms with Crippen molar-refractivity contribution in [1.82, 2.24) is 4.31 Å². The van der Waals surface area contributed by atoms with Gasteiger partial charge in [-0.2, -0.15) is 4.31 Å². The average Bonchev–Trinajstić information content (AvgIpc) is 2.96. The van der Waals surface area contributed by atoms with E-state index in [9.17, 15) is 8.42 Å². The first kappa shape index (κ1) is 18.9. The summed E-state index contributed by atoms with van der Waals surface area (Å²) < 4.78 is 27.8. The van der Waals surface area contributed by atoms with E-state index in [1.807, 2.05) is 25.1 Å². The van der Waals surface area contributed by atoms with Crippen LogP contribution in [-0.2, 0) is 10.0 Å². The molecule has 0 fully saturated rings. The highest BCUT2D eigenvalue weighted by Gasteiger charge is 2.35. The zero-order chi connectivity index (χ0) is 17.6. The summed E-state index contributed by atoms with van der Waals surface area (Å²) in [5.74, 6) is 0. The Morgan fingerprint density at radius 3 is 2.54 bits per heavy atom. The van der Waals surface area contributed by atoms with Gasteiger partial charge in [0.05, 0.1) is 4.90 Å². The largest absolute Gasteiger partial charge is 0.243 e. The molecule has 0 aromatic heterocycles. The highest BCUT2D eigenvalue weighted by Crippen LogP contribution is 2.31. The van der Waals surface area contributed by atoms with Crippen molar-refractivity contribution in [2.75, 3.05) is 6.54 Å². The molecule has 3 nitrogen and oxygen atoms in total. The molecule has 1 aromatic carbocycles. The molecule has 1 aliphatic heterocycles. The van der Waals surface area contributed by atoms with Gasteiger partial charge in [-0.15, -0.1) is 6.58 Å². The van der Waals surface area contributed by atoms with E-state index in [1.54, 1.807) is 16.4 Å². The average molecular weight is 348 g/mol. The van der Waals surface area contributed by atoms with E-state index in [-0.39, 0.29) is 6.04 Å². The van der Waals surface area contributed by atoms with Crippen molar-refractivity contribution in [3.8, 4) is 0 Å². The maximum absolute atomic E-state index is 13.1. The van der Waals surface area contributed by atoms with E-state index in [0.717, 1.165) is 31.2 Å². The Balaban J connectivity index is 2.19. The van der Waals surface area contributed by atoms with Crippen LogP contribution in [0.4, 0.5) is 0 Å². The zero-order valence-corrected chi connectivity index (χ0v) is 15.7. The summed E-state index contributed by atoms with van der Waals surface area (Å²) in [5.41, 5.74) is 2.26. The van der Waals surface area contributed by atoms with Crippen LogP contribution in [0.3, 0.4) is 0 Å². The number of unbranched alkanes of at least 4 members (excludes halogenated alkanes) is 3. The lowest BCUT2D eigenvalue weighted by Gasteiger charge is -2.26. The third-order valence-electron chi connectivity index (χ3n) is 4.65. The van der Waals surface area contributed by atoms with Crippen LogP contribution in [0, 0.1) is 6.92 Å².